The Hall–Kier alpha value is -2.08. The molecule has 1 aromatic heterocycles. The molecule has 78 valence electrons. The zero-order valence-corrected chi connectivity index (χ0v) is 8.73. The van der Waals surface area contributed by atoms with Crippen LogP contribution in [0, 0.1) is 11.3 Å². The maximum atomic E-state index is 12.1. The molecule has 0 fully saturated rings. The van der Waals surface area contributed by atoms with Gasteiger partial charge in [0.1, 0.15) is 6.07 Å². The highest BCUT2D eigenvalue weighted by molar-refractivity contribution is 5.88. The number of nitriles is 1. The molecule has 3 nitrogen and oxygen atoms in total. The first-order chi connectivity index (χ1) is 7.83. The van der Waals surface area contributed by atoms with Gasteiger partial charge in [-0.15, -0.1) is 0 Å². The van der Waals surface area contributed by atoms with Crippen LogP contribution in [0.5, 0.6) is 0 Å². The lowest BCUT2D eigenvalue weighted by Crippen LogP contribution is -2.20. The lowest BCUT2D eigenvalue weighted by atomic mass is 10.0. The zero-order chi connectivity index (χ0) is 11.1. The van der Waals surface area contributed by atoms with Crippen molar-refractivity contribution >= 4 is 10.8 Å². The summed E-state index contributed by atoms with van der Waals surface area (Å²) in [5, 5.41) is 10.7. The van der Waals surface area contributed by atoms with Crippen LogP contribution in [-0.4, -0.2) is 4.57 Å². The molecule has 0 N–H and O–H groups in total. The summed E-state index contributed by atoms with van der Waals surface area (Å²) in [5.74, 6) is 0. The Kier molecular flexibility index (Phi) is 1.84. The van der Waals surface area contributed by atoms with Gasteiger partial charge in [-0.1, -0.05) is 18.2 Å². The maximum Gasteiger partial charge on any atom is 0.258 e. The molecule has 1 aliphatic rings. The molecular weight excluding hydrogens is 200 g/mol. The summed E-state index contributed by atoms with van der Waals surface area (Å²) in [7, 11) is 0. The van der Waals surface area contributed by atoms with Crippen molar-refractivity contribution in [2.45, 2.75) is 19.4 Å². The van der Waals surface area contributed by atoms with E-state index in [1.807, 2.05) is 18.2 Å². The van der Waals surface area contributed by atoms with Crippen molar-refractivity contribution in [3.63, 3.8) is 0 Å². The predicted octanol–water partition coefficient (Wildman–Crippen LogP) is 1.82. The first-order valence-corrected chi connectivity index (χ1v) is 5.37. The largest absolute Gasteiger partial charge is 0.311 e. The van der Waals surface area contributed by atoms with Crippen molar-refractivity contribution in [2.75, 3.05) is 0 Å². The lowest BCUT2D eigenvalue weighted by Gasteiger charge is -2.08. The van der Waals surface area contributed by atoms with Crippen molar-refractivity contribution < 1.29 is 0 Å². The Morgan fingerprint density at radius 1 is 1.25 bits per heavy atom. The molecule has 0 bridgehead atoms. The van der Waals surface area contributed by atoms with Crippen LogP contribution in [0.3, 0.4) is 0 Å². The second-order valence-electron chi connectivity index (χ2n) is 4.04. The van der Waals surface area contributed by atoms with Gasteiger partial charge in [-0.3, -0.25) is 4.79 Å². The summed E-state index contributed by atoms with van der Waals surface area (Å²) in [6.45, 7) is 0.744. The van der Waals surface area contributed by atoms with Gasteiger partial charge in [0.15, 0.2) is 0 Å². The number of fused-ring (bicyclic) bond motifs is 2. The molecule has 2 aromatic rings. The number of aromatic nitrogens is 1. The van der Waals surface area contributed by atoms with Crippen LogP contribution in [0.1, 0.15) is 17.7 Å². The molecular formula is C13H10N2O. The fourth-order valence-corrected chi connectivity index (χ4v) is 2.47. The Balaban J connectivity index is 2.59. The Morgan fingerprint density at radius 3 is 2.75 bits per heavy atom. The van der Waals surface area contributed by atoms with E-state index in [9.17, 15) is 10.1 Å². The van der Waals surface area contributed by atoms with E-state index >= 15 is 0 Å². The van der Waals surface area contributed by atoms with Crippen molar-refractivity contribution in [1.29, 1.82) is 5.26 Å². The number of nitrogens with zero attached hydrogens (tertiary/aromatic N) is 2. The summed E-state index contributed by atoms with van der Waals surface area (Å²) in [6, 6.07) is 9.60. The van der Waals surface area contributed by atoms with Crippen LogP contribution in [0.25, 0.3) is 10.8 Å². The van der Waals surface area contributed by atoms with Gasteiger partial charge in [-0.05, 0) is 18.9 Å². The highest BCUT2D eigenvalue weighted by Crippen LogP contribution is 2.23. The van der Waals surface area contributed by atoms with Gasteiger partial charge in [-0.25, -0.2) is 0 Å². The van der Waals surface area contributed by atoms with Crippen LogP contribution >= 0.6 is 0 Å². The number of benzene rings is 1. The minimum absolute atomic E-state index is 0.0436. The highest BCUT2D eigenvalue weighted by atomic mass is 16.1. The van der Waals surface area contributed by atoms with Crippen molar-refractivity contribution in [1.82, 2.24) is 4.57 Å². The Labute approximate surface area is 92.6 Å². The maximum absolute atomic E-state index is 12.1. The quantitative estimate of drug-likeness (QED) is 0.665. The van der Waals surface area contributed by atoms with Gasteiger partial charge < -0.3 is 4.57 Å². The minimum Gasteiger partial charge on any atom is -0.311 e. The molecule has 0 atom stereocenters. The molecule has 0 saturated carbocycles. The average Bonchev–Trinajstić information content (AvgIpc) is 2.79. The molecule has 2 heterocycles. The highest BCUT2D eigenvalue weighted by Gasteiger charge is 2.19. The fraction of sp³-hybridized carbons (Fsp3) is 0.231. The molecule has 1 aliphatic heterocycles. The van der Waals surface area contributed by atoms with Crippen molar-refractivity contribution in [3.05, 3.63) is 45.9 Å². The van der Waals surface area contributed by atoms with E-state index in [4.69, 9.17) is 0 Å². The molecule has 0 aliphatic carbocycles. The molecule has 0 unspecified atom stereocenters. The fourth-order valence-electron chi connectivity index (χ4n) is 2.47. The summed E-state index contributed by atoms with van der Waals surface area (Å²) in [5.41, 5.74) is 1.63. The third-order valence-corrected chi connectivity index (χ3v) is 3.19. The topological polar surface area (TPSA) is 45.8 Å². The second-order valence-corrected chi connectivity index (χ2v) is 4.04. The Bertz CT molecular complexity index is 677. The Morgan fingerprint density at radius 2 is 2.00 bits per heavy atom. The zero-order valence-electron chi connectivity index (χ0n) is 8.73. The van der Waals surface area contributed by atoms with E-state index in [-0.39, 0.29) is 5.56 Å². The smallest absolute Gasteiger partial charge is 0.258 e. The van der Waals surface area contributed by atoms with E-state index in [1.165, 1.54) is 0 Å². The third kappa shape index (κ3) is 1.04. The molecule has 3 heteroatoms. The normalized spacial score (nSPS) is 13.7. The predicted molar refractivity (Wildman–Crippen MR) is 61.2 cm³/mol. The number of rotatable bonds is 0. The van der Waals surface area contributed by atoms with Gasteiger partial charge >= 0.3 is 0 Å². The van der Waals surface area contributed by atoms with Crippen molar-refractivity contribution in [2.24, 2.45) is 0 Å². The molecule has 0 saturated heterocycles. The second kappa shape index (κ2) is 3.21. The van der Waals surface area contributed by atoms with E-state index in [1.54, 1.807) is 10.6 Å². The van der Waals surface area contributed by atoms with E-state index < -0.39 is 0 Å². The monoisotopic (exact) mass is 210 g/mol. The summed E-state index contributed by atoms with van der Waals surface area (Å²) < 4.78 is 1.75. The first kappa shape index (κ1) is 9.17. The van der Waals surface area contributed by atoms with Crippen LogP contribution in [-0.2, 0) is 13.0 Å². The van der Waals surface area contributed by atoms with E-state index in [2.05, 4.69) is 6.07 Å². The molecule has 0 radical (unpaired) electrons. The van der Waals surface area contributed by atoms with Gasteiger partial charge in [0.25, 0.3) is 5.56 Å². The van der Waals surface area contributed by atoms with Crippen LogP contribution in [0.15, 0.2) is 29.1 Å². The lowest BCUT2D eigenvalue weighted by molar-refractivity contribution is 0.726. The summed E-state index contributed by atoms with van der Waals surface area (Å²) >= 11 is 0. The minimum atomic E-state index is 0.0436. The van der Waals surface area contributed by atoms with Gasteiger partial charge in [0.05, 0.1) is 5.56 Å². The standard InChI is InChI=1S/C13H10N2O/c14-8-11-9-4-1-2-5-10(9)13(16)15-7-3-6-12(11)15/h1-2,4-5H,3,6-7H2. The van der Waals surface area contributed by atoms with E-state index in [0.717, 1.165) is 30.5 Å². The third-order valence-electron chi connectivity index (χ3n) is 3.19. The molecule has 1 aromatic carbocycles. The van der Waals surface area contributed by atoms with Crippen LogP contribution in [0.4, 0.5) is 0 Å². The van der Waals surface area contributed by atoms with Gasteiger partial charge in [0, 0.05) is 23.0 Å². The summed E-state index contributed by atoms with van der Waals surface area (Å²) in [6.07, 6.45) is 1.79. The number of pyridine rings is 1. The first-order valence-electron chi connectivity index (χ1n) is 5.37. The van der Waals surface area contributed by atoms with Crippen molar-refractivity contribution in [3.8, 4) is 6.07 Å². The van der Waals surface area contributed by atoms with Crippen LogP contribution in [0.2, 0.25) is 0 Å². The molecule has 0 amide bonds. The molecule has 0 spiro atoms. The van der Waals surface area contributed by atoms with Gasteiger partial charge in [0.2, 0.25) is 0 Å². The van der Waals surface area contributed by atoms with Gasteiger partial charge in [-0.2, -0.15) is 5.26 Å². The number of hydrogen-bond acceptors (Lipinski definition) is 2. The van der Waals surface area contributed by atoms with Crippen LogP contribution < -0.4 is 5.56 Å². The summed E-state index contributed by atoms with van der Waals surface area (Å²) in [4.78, 5) is 12.1. The molecule has 16 heavy (non-hydrogen) atoms. The van der Waals surface area contributed by atoms with E-state index in [0.29, 0.717) is 10.9 Å². The average molecular weight is 210 g/mol. The number of hydrogen-bond donors (Lipinski definition) is 0. The molecule has 3 rings (SSSR count). The SMILES string of the molecule is N#Cc1c2n(c(=O)c3ccccc13)CCC2.